The summed E-state index contributed by atoms with van der Waals surface area (Å²) in [5, 5.41) is 2.98. The number of amides is 1. The van der Waals surface area contributed by atoms with E-state index in [2.05, 4.69) is 17.2 Å². The zero-order chi connectivity index (χ0) is 12.3. The fraction of sp³-hybridized carbons (Fsp3) is 0.615. The fourth-order valence-electron chi connectivity index (χ4n) is 2.62. The smallest absolute Gasteiger partial charge is 0.267 e. The highest BCUT2D eigenvalue weighted by atomic mass is 16.1. The zero-order valence-corrected chi connectivity index (χ0v) is 10.3. The normalized spacial score (nSPS) is 24.5. The minimum Gasteiger partial charge on any atom is -0.397 e. The van der Waals surface area contributed by atoms with Crippen molar-refractivity contribution in [3.8, 4) is 0 Å². The van der Waals surface area contributed by atoms with Gasteiger partial charge in [-0.1, -0.05) is 19.8 Å². The van der Waals surface area contributed by atoms with Gasteiger partial charge in [-0.25, -0.2) is 0 Å². The van der Waals surface area contributed by atoms with E-state index in [0.29, 0.717) is 17.3 Å². The quantitative estimate of drug-likeness (QED) is 0.751. The van der Waals surface area contributed by atoms with Crippen LogP contribution in [0.15, 0.2) is 12.3 Å². The minimum absolute atomic E-state index is 0.0556. The standard InChI is InChI=1S/C13H21N3O/c1-9-3-2-4-10(5-9)7-16-13(17)12-6-11(14)8-15-12/h6,8-10,15H,2-5,7,14H2,1H3,(H,16,17). The van der Waals surface area contributed by atoms with Crippen LogP contribution in [0.4, 0.5) is 5.69 Å². The summed E-state index contributed by atoms with van der Waals surface area (Å²) in [5.74, 6) is 1.38. The summed E-state index contributed by atoms with van der Waals surface area (Å²) in [7, 11) is 0. The molecule has 4 nitrogen and oxygen atoms in total. The Bertz CT molecular complexity index is 386. The first kappa shape index (κ1) is 12.0. The molecule has 1 aliphatic carbocycles. The Morgan fingerprint density at radius 2 is 2.41 bits per heavy atom. The first-order valence-electron chi connectivity index (χ1n) is 6.37. The fourth-order valence-corrected chi connectivity index (χ4v) is 2.62. The second-order valence-electron chi connectivity index (χ2n) is 5.19. The van der Waals surface area contributed by atoms with Gasteiger partial charge in [-0.3, -0.25) is 4.79 Å². The number of carbonyl (C=O) groups excluding carboxylic acids is 1. The summed E-state index contributed by atoms with van der Waals surface area (Å²) in [4.78, 5) is 14.6. The molecule has 0 saturated heterocycles. The maximum atomic E-state index is 11.8. The lowest BCUT2D eigenvalue weighted by Gasteiger charge is -2.26. The summed E-state index contributed by atoms with van der Waals surface area (Å²) >= 11 is 0. The van der Waals surface area contributed by atoms with E-state index >= 15 is 0 Å². The summed E-state index contributed by atoms with van der Waals surface area (Å²) in [5.41, 5.74) is 6.71. The van der Waals surface area contributed by atoms with Crippen molar-refractivity contribution in [2.45, 2.75) is 32.6 Å². The van der Waals surface area contributed by atoms with Gasteiger partial charge >= 0.3 is 0 Å². The van der Waals surface area contributed by atoms with Gasteiger partial charge in [0.1, 0.15) is 5.69 Å². The number of aromatic amines is 1. The lowest BCUT2D eigenvalue weighted by Crippen LogP contribution is -2.31. The van der Waals surface area contributed by atoms with Gasteiger partial charge in [0.2, 0.25) is 0 Å². The highest BCUT2D eigenvalue weighted by Gasteiger charge is 2.19. The SMILES string of the molecule is CC1CCCC(CNC(=O)c2cc(N)c[nH]2)C1. The van der Waals surface area contributed by atoms with Gasteiger partial charge in [0.25, 0.3) is 5.91 Å². The maximum Gasteiger partial charge on any atom is 0.267 e. The highest BCUT2D eigenvalue weighted by Crippen LogP contribution is 2.27. The highest BCUT2D eigenvalue weighted by molar-refractivity contribution is 5.93. The Balaban J connectivity index is 1.80. The van der Waals surface area contributed by atoms with Crippen LogP contribution >= 0.6 is 0 Å². The van der Waals surface area contributed by atoms with E-state index in [4.69, 9.17) is 5.73 Å². The molecular weight excluding hydrogens is 214 g/mol. The van der Waals surface area contributed by atoms with Gasteiger partial charge in [0.15, 0.2) is 0 Å². The van der Waals surface area contributed by atoms with E-state index < -0.39 is 0 Å². The molecule has 1 amide bonds. The van der Waals surface area contributed by atoms with E-state index in [1.807, 2.05) is 0 Å². The van der Waals surface area contributed by atoms with Crippen molar-refractivity contribution >= 4 is 11.6 Å². The van der Waals surface area contributed by atoms with Crippen LogP contribution in [0.3, 0.4) is 0 Å². The van der Waals surface area contributed by atoms with Gasteiger partial charge in [-0.05, 0) is 30.7 Å². The molecule has 0 bridgehead atoms. The second kappa shape index (κ2) is 5.25. The molecule has 1 aromatic heterocycles. The van der Waals surface area contributed by atoms with Crippen molar-refractivity contribution in [3.05, 3.63) is 18.0 Å². The molecule has 4 heteroatoms. The molecule has 1 heterocycles. The summed E-state index contributed by atoms with van der Waals surface area (Å²) in [6, 6.07) is 1.67. The van der Waals surface area contributed by atoms with Crippen molar-refractivity contribution in [2.24, 2.45) is 11.8 Å². The lowest BCUT2D eigenvalue weighted by atomic mass is 9.82. The molecule has 0 radical (unpaired) electrons. The lowest BCUT2D eigenvalue weighted by molar-refractivity contribution is 0.0936. The largest absolute Gasteiger partial charge is 0.397 e. The molecule has 0 aliphatic heterocycles. The Hall–Kier alpha value is -1.45. The number of aromatic nitrogens is 1. The van der Waals surface area contributed by atoms with Crippen molar-refractivity contribution in [1.29, 1.82) is 0 Å². The first-order valence-corrected chi connectivity index (χ1v) is 6.37. The van der Waals surface area contributed by atoms with Crippen LogP contribution in [-0.4, -0.2) is 17.4 Å². The number of rotatable bonds is 3. The molecule has 17 heavy (non-hydrogen) atoms. The average molecular weight is 235 g/mol. The number of hydrogen-bond donors (Lipinski definition) is 3. The van der Waals surface area contributed by atoms with Crippen molar-refractivity contribution in [2.75, 3.05) is 12.3 Å². The summed E-state index contributed by atoms with van der Waals surface area (Å²) in [6.07, 6.45) is 6.72. The van der Waals surface area contributed by atoms with Gasteiger partial charge in [0.05, 0.1) is 0 Å². The molecule has 1 fully saturated rings. The Kier molecular flexibility index (Phi) is 3.71. The molecule has 4 N–H and O–H groups in total. The molecule has 1 aromatic rings. The molecular formula is C13H21N3O. The molecule has 2 unspecified atom stereocenters. The third-order valence-corrected chi connectivity index (χ3v) is 3.55. The number of nitrogens with one attached hydrogen (secondary N) is 2. The maximum absolute atomic E-state index is 11.8. The molecule has 1 aliphatic rings. The number of hydrogen-bond acceptors (Lipinski definition) is 2. The van der Waals surface area contributed by atoms with Gasteiger partial charge in [-0.2, -0.15) is 0 Å². The van der Waals surface area contributed by atoms with Crippen molar-refractivity contribution in [1.82, 2.24) is 10.3 Å². The molecule has 0 spiro atoms. The Labute approximate surface area is 102 Å². The summed E-state index contributed by atoms with van der Waals surface area (Å²) in [6.45, 7) is 3.07. The predicted molar refractivity (Wildman–Crippen MR) is 68.7 cm³/mol. The number of nitrogens with two attached hydrogens (primary N) is 1. The Morgan fingerprint density at radius 1 is 1.59 bits per heavy atom. The van der Waals surface area contributed by atoms with Crippen LogP contribution in [0.5, 0.6) is 0 Å². The molecule has 1 saturated carbocycles. The topological polar surface area (TPSA) is 70.9 Å². The molecule has 94 valence electrons. The number of anilines is 1. The predicted octanol–water partition coefficient (Wildman–Crippen LogP) is 2.15. The average Bonchev–Trinajstić information content (AvgIpc) is 2.73. The first-order chi connectivity index (χ1) is 8.15. The van der Waals surface area contributed by atoms with Crippen LogP contribution in [0.1, 0.15) is 43.1 Å². The van der Waals surface area contributed by atoms with Gasteiger partial charge in [0, 0.05) is 18.4 Å². The number of carbonyl (C=O) groups is 1. The summed E-state index contributed by atoms with van der Waals surface area (Å²) < 4.78 is 0. The minimum atomic E-state index is -0.0556. The van der Waals surface area contributed by atoms with Crippen LogP contribution in [0.25, 0.3) is 0 Å². The van der Waals surface area contributed by atoms with Crippen molar-refractivity contribution < 1.29 is 4.79 Å². The van der Waals surface area contributed by atoms with Crippen LogP contribution in [-0.2, 0) is 0 Å². The second-order valence-corrected chi connectivity index (χ2v) is 5.19. The van der Waals surface area contributed by atoms with Crippen LogP contribution in [0, 0.1) is 11.8 Å². The Morgan fingerprint density at radius 3 is 3.06 bits per heavy atom. The van der Waals surface area contributed by atoms with E-state index in [1.165, 1.54) is 25.7 Å². The molecule has 2 rings (SSSR count). The van der Waals surface area contributed by atoms with E-state index in [0.717, 1.165) is 12.5 Å². The van der Waals surface area contributed by atoms with Gasteiger partial charge in [-0.15, -0.1) is 0 Å². The van der Waals surface area contributed by atoms with Crippen LogP contribution in [0.2, 0.25) is 0 Å². The number of H-pyrrole nitrogens is 1. The third kappa shape index (κ3) is 3.25. The molecule has 0 aromatic carbocycles. The van der Waals surface area contributed by atoms with E-state index in [9.17, 15) is 4.79 Å². The zero-order valence-electron chi connectivity index (χ0n) is 10.3. The van der Waals surface area contributed by atoms with E-state index in [-0.39, 0.29) is 5.91 Å². The third-order valence-electron chi connectivity index (χ3n) is 3.55. The number of nitrogen functional groups attached to an aromatic ring is 1. The van der Waals surface area contributed by atoms with Crippen LogP contribution < -0.4 is 11.1 Å². The van der Waals surface area contributed by atoms with Crippen molar-refractivity contribution in [3.63, 3.8) is 0 Å². The van der Waals surface area contributed by atoms with Gasteiger partial charge < -0.3 is 16.0 Å². The monoisotopic (exact) mass is 235 g/mol. The molecule has 2 atom stereocenters. The van der Waals surface area contributed by atoms with E-state index in [1.54, 1.807) is 12.3 Å².